The SMILES string of the molecule is COCC(N)C(=O)NCCC(=O)Nc1cc(Cl)ccc1OC. The Morgan fingerprint density at radius 2 is 2.09 bits per heavy atom. The lowest BCUT2D eigenvalue weighted by Crippen LogP contribution is -2.44. The highest BCUT2D eigenvalue weighted by Gasteiger charge is 2.13. The van der Waals surface area contributed by atoms with Crippen molar-refractivity contribution >= 4 is 29.1 Å². The maximum atomic E-state index is 11.9. The fourth-order valence-corrected chi connectivity index (χ4v) is 1.85. The highest BCUT2D eigenvalue weighted by atomic mass is 35.5. The number of carbonyl (C=O) groups is 2. The molecule has 0 aliphatic heterocycles. The van der Waals surface area contributed by atoms with E-state index in [2.05, 4.69) is 10.6 Å². The summed E-state index contributed by atoms with van der Waals surface area (Å²) in [6, 6.07) is 4.16. The molecule has 0 aliphatic carbocycles. The molecule has 0 heterocycles. The maximum Gasteiger partial charge on any atom is 0.239 e. The fraction of sp³-hybridized carbons (Fsp3) is 0.429. The zero-order chi connectivity index (χ0) is 16.5. The summed E-state index contributed by atoms with van der Waals surface area (Å²) < 4.78 is 9.91. The minimum Gasteiger partial charge on any atom is -0.495 e. The lowest BCUT2D eigenvalue weighted by Gasteiger charge is -2.12. The number of rotatable bonds is 8. The Balaban J connectivity index is 2.44. The summed E-state index contributed by atoms with van der Waals surface area (Å²) in [7, 11) is 2.95. The predicted octanol–water partition coefficient (Wildman–Crippen LogP) is 0.767. The second kappa shape index (κ2) is 9.24. The first kappa shape index (κ1) is 18.2. The molecule has 0 saturated carbocycles. The lowest BCUT2D eigenvalue weighted by atomic mass is 10.2. The Kier molecular flexibility index (Phi) is 7.65. The smallest absolute Gasteiger partial charge is 0.239 e. The van der Waals surface area contributed by atoms with Crippen molar-refractivity contribution in [2.45, 2.75) is 12.5 Å². The number of methoxy groups -OCH3 is 2. The van der Waals surface area contributed by atoms with Crippen molar-refractivity contribution in [3.63, 3.8) is 0 Å². The molecule has 7 nitrogen and oxygen atoms in total. The first-order chi connectivity index (χ1) is 10.5. The van der Waals surface area contributed by atoms with Gasteiger partial charge in [0.1, 0.15) is 11.8 Å². The second-order valence-electron chi connectivity index (χ2n) is 4.50. The van der Waals surface area contributed by atoms with Gasteiger partial charge in [0.15, 0.2) is 0 Å². The molecule has 1 aromatic carbocycles. The van der Waals surface area contributed by atoms with E-state index in [1.807, 2.05) is 0 Å². The highest BCUT2D eigenvalue weighted by Crippen LogP contribution is 2.27. The minimum absolute atomic E-state index is 0.0983. The predicted molar refractivity (Wildman–Crippen MR) is 84.1 cm³/mol. The van der Waals surface area contributed by atoms with Crippen molar-refractivity contribution in [2.75, 3.05) is 32.7 Å². The third-order valence-electron chi connectivity index (χ3n) is 2.77. The minimum atomic E-state index is -0.749. The molecule has 0 aliphatic rings. The van der Waals surface area contributed by atoms with Crippen molar-refractivity contribution < 1.29 is 19.1 Å². The number of hydrogen-bond donors (Lipinski definition) is 3. The van der Waals surface area contributed by atoms with Gasteiger partial charge in [-0.3, -0.25) is 9.59 Å². The van der Waals surface area contributed by atoms with E-state index in [1.54, 1.807) is 18.2 Å². The van der Waals surface area contributed by atoms with Crippen LogP contribution >= 0.6 is 11.6 Å². The van der Waals surface area contributed by atoms with Gasteiger partial charge in [0.25, 0.3) is 0 Å². The zero-order valence-corrected chi connectivity index (χ0v) is 13.3. The van der Waals surface area contributed by atoms with Gasteiger partial charge in [0.2, 0.25) is 11.8 Å². The number of carbonyl (C=O) groups excluding carboxylic acids is 2. The molecule has 4 N–H and O–H groups in total. The topological polar surface area (TPSA) is 103 Å². The van der Waals surface area contributed by atoms with Gasteiger partial charge >= 0.3 is 0 Å². The van der Waals surface area contributed by atoms with Gasteiger partial charge in [-0.2, -0.15) is 0 Å². The van der Waals surface area contributed by atoms with Crippen LogP contribution in [0.1, 0.15) is 6.42 Å². The average molecular weight is 330 g/mol. The number of ether oxygens (including phenoxy) is 2. The average Bonchev–Trinajstić information content (AvgIpc) is 2.47. The number of benzene rings is 1. The van der Waals surface area contributed by atoms with E-state index < -0.39 is 6.04 Å². The maximum absolute atomic E-state index is 11.9. The summed E-state index contributed by atoms with van der Waals surface area (Å²) in [5.41, 5.74) is 6.03. The number of anilines is 1. The molecule has 0 fully saturated rings. The third kappa shape index (κ3) is 5.88. The van der Waals surface area contributed by atoms with Gasteiger partial charge in [0.05, 0.1) is 19.4 Å². The molecule has 2 amide bonds. The lowest BCUT2D eigenvalue weighted by molar-refractivity contribution is -0.123. The normalized spacial score (nSPS) is 11.6. The molecule has 0 radical (unpaired) electrons. The molecule has 22 heavy (non-hydrogen) atoms. The zero-order valence-electron chi connectivity index (χ0n) is 12.5. The largest absolute Gasteiger partial charge is 0.495 e. The van der Waals surface area contributed by atoms with Crippen molar-refractivity contribution in [2.24, 2.45) is 5.73 Å². The van der Waals surface area contributed by atoms with Gasteiger partial charge in [-0.25, -0.2) is 0 Å². The Morgan fingerprint density at radius 1 is 1.36 bits per heavy atom. The molecule has 1 unspecified atom stereocenters. The number of hydrogen-bond acceptors (Lipinski definition) is 5. The number of amides is 2. The van der Waals surface area contributed by atoms with Gasteiger partial charge in [0, 0.05) is 25.1 Å². The first-order valence-electron chi connectivity index (χ1n) is 6.63. The van der Waals surface area contributed by atoms with Crippen LogP contribution in [-0.4, -0.2) is 45.2 Å². The van der Waals surface area contributed by atoms with Gasteiger partial charge < -0.3 is 25.8 Å². The van der Waals surface area contributed by atoms with Crippen LogP contribution in [0.2, 0.25) is 5.02 Å². The second-order valence-corrected chi connectivity index (χ2v) is 4.93. The molecule has 0 saturated heterocycles. The van der Waals surface area contributed by atoms with Crippen LogP contribution in [0.25, 0.3) is 0 Å². The van der Waals surface area contributed by atoms with Gasteiger partial charge in [-0.1, -0.05) is 11.6 Å². The molecular formula is C14H20ClN3O4. The summed E-state index contributed by atoms with van der Waals surface area (Å²) in [6.45, 7) is 0.294. The Bertz CT molecular complexity index is 525. The molecule has 122 valence electrons. The van der Waals surface area contributed by atoms with Crippen LogP contribution in [0.4, 0.5) is 5.69 Å². The van der Waals surface area contributed by atoms with Crippen LogP contribution in [0.3, 0.4) is 0 Å². The Morgan fingerprint density at radius 3 is 2.73 bits per heavy atom. The van der Waals surface area contributed by atoms with Crippen molar-refractivity contribution in [1.82, 2.24) is 5.32 Å². The quantitative estimate of drug-likeness (QED) is 0.653. The van der Waals surface area contributed by atoms with Crippen LogP contribution in [0.15, 0.2) is 18.2 Å². The standard InChI is InChI=1S/C14H20ClN3O4/c1-21-8-10(16)14(20)17-6-5-13(19)18-11-7-9(15)3-4-12(11)22-2/h3-4,7,10H,5-6,8,16H2,1-2H3,(H,17,20)(H,18,19). The van der Waals surface area contributed by atoms with E-state index in [4.69, 9.17) is 26.8 Å². The summed E-state index contributed by atoms with van der Waals surface area (Å²) in [5.74, 6) is -0.139. The van der Waals surface area contributed by atoms with E-state index in [9.17, 15) is 9.59 Å². The molecule has 1 atom stereocenters. The molecule has 1 aromatic rings. The van der Waals surface area contributed by atoms with E-state index >= 15 is 0 Å². The molecule has 8 heteroatoms. The van der Waals surface area contributed by atoms with Gasteiger partial charge in [-0.15, -0.1) is 0 Å². The van der Waals surface area contributed by atoms with E-state index in [-0.39, 0.29) is 31.4 Å². The molecule has 0 aromatic heterocycles. The van der Waals surface area contributed by atoms with Crippen LogP contribution < -0.4 is 21.1 Å². The summed E-state index contributed by atoms with van der Waals surface area (Å²) in [5, 5.41) is 5.72. The third-order valence-corrected chi connectivity index (χ3v) is 3.00. The fourth-order valence-electron chi connectivity index (χ4n) is 1.68. The van der Waals surface area contributed by atoms with Crippen molar-refractivity contribution in [1.29, 1.82) is 0 Å². The van der Waals surface area contributed by atoms with Crippen LogP contribution in [-0.2, 0) is 14.3 Å². The summed E-state index contributed by atoms with van der Waals surface area (Å²) in [4.78, 5) is 23.4. The molecular weight excluding hydrogens is 310 g/mol. The van der Waals surface area contributed by atoms with E-state index in [0.717, 1.165) is 0 Å². The van der Waals surface area contributed by atoms with Crippen LogP contribution in [0.5, 0.6) is 5.75 Å². The Labute approximate surface area is 134 Å². The first-order valence-corrected chi connectivity index (χ1v) is 7.01. The monoisotopic (exact) mass is 329 g/mol. The summed E-state index contributed by atoms with van der Waals surface area (Å²) >= 11 is 5.88. The van der Waals surface area contributed by atoms with Gasteiger partial charge in [-0.05, 0) is 18.2 Å². The number of nitrogens with two attached hydrogens (primary N) is 1. The van der Waals surface area contributed by atoms with Crippen molar-refractivity contribution in [3.8, 4) is 5.75 Å². The summed E-state index contributed by atoms with van der Waals surface area (Å²) in [6.07, 6.45) is 0.0983. The molecule has 0 bridgehead atoms. The highest BCUT2D eigenvalue weighted by molar-refractivity contribution is 6.31. The van der Waals surface area contributed by atoms with Crippen LogP contribution in [0, 0.1) is 0 Å². The molecule has 0 spiro atoms. The number of halogens is 1. The van der Waals surface area contributed by atoms with E-state index in [0.29, 0.717) is 16.5 Å². The Hall–Kier alpha value is -1.83. The van der Waals surface area contributed by atoms with E-state index in [1.165, 1.54) is 14.2 Å². The molecule has 1 rings (SSSR count). The number of nitrogens with one attached hydrogen (secondary N) is 2. The van der Waals surface area contributed by atoms with Crippen molar-refractivity contribution in [3.05, 3.63) is 23.2 Å².